The largest absolute Gasteiger partial charge is 0.493 e. The van der Waals surface area contributed by atoms with E-state index in [9.17, 15) is 0 Å². The molecule has 4 aromatic carbocycles. The topological polar surface area (TPSA) is 53.1 Å². The van der Waals surface area contributed by atoms with Crippen LogP contribution >= 0.6 is 0 Å². The van der Waals surface area contributed by atoms with Crippen LogP contribution in [-0.2, 0) is 0 Å². The van der Waals surface area contributed by atoms with Crippen molar-refractivity contribution in [2.75, 3.05) is 6.61 Å². The van der Waals surface area contributed by atoms with Gasteiger partial charge in [0.15, 0.2) is 0 Å². The molecule has 2 aromatic heterocycles. The molecule has 0 aliphatic heterocycles. The van der Waals surface area contributed by atoms with Crippen LogP contribution in [0.3, 0.4) is 0 Å². The van der Waals surface area contributed by atoms with Gasteiger partial charge >= 0.3 is 0 Å². The zero-order chi connectivity index (χ0) is 25.8. The normalized spacial score (nSPS) is 19.8. The van der Waals surface area contributed by atoms with Crippen LogP contribution in [0, 0.1) is 17.8 Å². The van der Waals surface area contributed by atoms with Gasteiger partial charge in [-0.1, -0.05) is 54.6 Å². The van der Waals surface area contributed by atoms with Gasteiger partial charge in [0.2, 0.25) is 11.8 Å². The fraction of sp³-hybridized carbons (Fsp3) is 0.176. The number of allylic oxidation sites excluding steroid dienone is 2. The van der Waals surface area contributed by atoms with Crippen LogP contribution in [-0.4, -0.2) is 21.4 Å². The second kappa shape index (κ2) is 8.98. The van der Waals surface area contributed by atoms with Gasteiger partial charge in [0.05, 0.1) is 17.6 Å². The van der Waals surface area contributed by atoms with Crippen LogP contribution in [0.4, 0.5) is 0 Å². The fourth-order valence-corrected chi connectivity index (χ4v) is 6.42. The van der Waals surface area contributed by atoms with Gasteiger partial charge in [-0.15, -0.1) is 10.2 Å². The van der Waals surface area contributed by atoms with Crippen LogP contribution < -0.4 is 4.74 Å². The van der Waals surface area contributed by atoms with E-state index in [1.165, 1.54) is 34.6 Å². The van der Waals surface area contributed by atoms with Crippen LogP contribution in [0.1, 0.15) is 12.8 Å². The van der Waals surface area contributed by atoms with Crippen molar-refractivity contribution in [3.63, 3.8) is 0 Å². The zero-order valence-electron chi connectivity index (χ0n) is 21.4. The number of rotatable bonds is 6. The minimum absolute atomic E-state index is 0.491. The van der Waals surface area contributed by atoms with Gasteiger partial charge < -0.3 is 13.7 Å². The van der Waals surface area contributed by atoms with Crippen LogP contribution in [0.2, 0.25) is 0 Å². The van der Waals surface area contributed by atoms with Crippen molar-refractivity contribution in [1.29, 1.82) is 0 Å². The number of hydrogen-bond donors (Lipinski definition) is 0. The molecule has 2 heterocycles. The molecule has 1 fully saturated rings. The molecule has 3 unspecified atom stereocenters. The SMILES string of the molecule is C1=CC2CC1CC2COc1cccc(-c2nnc(-c3ccc(-n4c5ccccc5c5ccccc54)cc3)o2)c1. The van der Waals surface area contributed by atoms with Gasteiger partial charge in [-0.3, -0.25) is 0 Å². The Morgan fingerprint density at radius 2 is 1.44 bits per heavy atom. The first kappa shape index (κ1) is 22.4. The van der Waals surface area contributed by atoms with Gasteiger partial charge in [0.25, 0.3) is 0 Å². The van der Waals surface area contributed by atoms with Gasteiger partial charge in [-0.2, -0.15) is 0 Å². The summed E-state index contributed by atoms with van der Waals surface area (Å²) in [5.41, 5.74) is 5.21. The summed E-state index contributed by atoms with van der Waals surface area (Å²) in [6.07, 6.45) is 7.27. The van der Waals surface area contributed by atoms with E-state index in [4.69, 9.17) is 9.15 Å². The maximum atomic E-state index is 6.18. The Morgan fingerprint density at radius 1 is 0.718 bits per heavy atom. The zero-order valence-corrected chi connectivity index (χ0v) is 21.4. The summed E-state index contributed by atoms with van der Waals surface area (Å²) in [5.74, 6) is 3.88. The molecule has 0 saturated heterocycles. The second-order valence-corrected chi connectivity index (χ2v) is 10.7. The third-order valence-electron chi connectivity index (χ3n) is 8.34. The van der Waals surface area contributed by atoms with Crippen molar-refractivity contribution < 1.29 is 9.15 Å². The molecule has 8 rings (SSSR count). The molecule has 2 bridgehead atoms. The van der Waals surface area contributed by atoms with Crippen molar-refractivity contribution in [3.05, 3.63) is 109 Å². The Hall–Kier alpha value is -4.64. The summed E-state index contributed by atoms with van der Waals surface area (Å²) >= 11 is 0. The molecule has 0 spiro atoms. The first-order valence-corrected chi connectivity index (χ1v) is 13.6. The van der Waals surface area contributed by atoms with E-state index < -0.39 is 0 Å². The minimum Gasteiger partial charge on any atom is -0.493 e. The predicted molar refractivity (Wildman–Crippen MR) is 154 cm³/mol. The average Bonchev–Trinajstić information content (AvgIpc) is 3.80. The van der Waals surface area contributed by atoms with Gasteiger partial charge in [0.1, 0.15) is 5.75 Å². The minimum atomic E-state index is 0.491. The van der Waals surface area contributed by atoms with Crippen molar-refractivity contribution in [2.45, 2.75) is 12.8 Å². The highest BCUT2D eigenvalue weighted by Gasteiger charge is 2.35. The molecule has 2 aliphatic carbocycles. The molecule has 0 amide bonds. The predicted octanol–water partition coefficient (Wildman–Crippen LogP) is 8.09. The summed E-state index contributed by atoms with van der Waals surface area (Å²) < 4.78 is 14.6. The molecule has 1 saturated carbocycles. The average molecular weight is 510 g/mol. The highest BCUT2D eigenvalue weighted by Crippen LogP contribution is 2.43. The van der Waals surface area contributed by atoms with Crippen molar-refractivity contribution in [1.82, 2.24) is 14.8 Å². The monoisotopic (exact) mass is 509 g/mol. The maximum Gasteiger partial charge on any atom is 0.248 e. The number of benzene rings is 4. The van der Waals surface area contributed by atoms with Gasteiger partial charge in [0, 0.05) is 27.6 Å². The van der Waals surface area contributed by atoms with Crippen molar-refractivity contribution in [3.8, 4) is 34.3 Å². The second-order valence-electron chi connectivity index (χ2n) is 10.7. The standard InChI is InChI=1S/C34H27N3O2/c1-3-10-31-29(8-1)30-9-2-4-11-32(30)37(31)27-16-14-23(15-17-27)33-35-36-34(39-33)25-6-5-7-28(20-25)38-21-26-19-22-12-13-24(26)18-22/h1-17,20,22,24,26H,18-19,21H2. The molecular weight excluding hydrogens is 482 g/mol. The third-order valence-corrected chi connectivity index (χ3v) is 8.34. The van der Waals surface area contributed by atoms with E-state index in [2.05, 4.69) is 87.6 Å². The Bertz CT molecular complexity index is 1790. The summed E-state index contributed by atoms with van der Waals surface area (Å²) in [7, 11) is 0. The molecule has 3 atom stereocenters. The van der Waals surface area contributed by atoms with Crippen LogP contribution in [0.5, 0.6) is 5.75 Å². The first-order chi connectivity index (χ1) is 19.3. The summed E-state index contributed by atoms with van der Waals surface area (Å²) in [4.78, 5) is 0. The number of fused-ring (bicyclic) bond motifs is 5. The number of ether oxygens (including phenoxy) is 1. The number of para-hydroxylation sites is 2. The van der Waals surface area contributed by atoms with E-state index in [1.54, 1.807) is 0 Å². The van der Waals surface area contributed by atoms with Gasteiger partial charge in [-0.05, 0) is 85.2 Å². The lowest BCUT2D eigenvalue weighted by molar-refractivity contribution is 0.228. The molecule has 0 radical (unpaired) electrons. The first-order valence-electron chi connectivity index (χ1n) is 13.6. The molecule has 6 aromatic rings. The maximum absolute atomic E-state index is 6.18. The molecular formula is C34H27N3O2. The molecule has 2 aliphatic rings. The Morgan fingerprint density at radius 3 is 2.13 bits per heavy atom. The third kappa shape index (κ3) is 3.85. The molecule has 190 valence electrons. The van der Waals surface area contributed by atoms with E-state index >= 15 is 0 Å². The molecule has 39 heavy (non-hydrogen) atoms. The highest BCUT2D eigenvalue weighted by molar-refractivity contribution is 6.09. The van der Waals surface area contributed by atoms with Crippen molar-refractivity contribution >= 4 is 21.8 Å². The Balaban J connectivity index is 1.04. The Kier molecular flexibility index (Phi) is 5.15. The quantitative estimate of drug-likeness (QED) is 0.213. The van der Waals surface area contributed by atoms with Crippen LogP contribution in [0.15, 0.2) is 114 Å². The summed E-state index contributed by atoms with van der Waals surface area (Å²) in [6, 6.07) is 33.3. The molecule has 5 nitrogen and oxygen atoms in total. The van der Waals surface area contributed by atoms with E-state index in [0.29, 0.717) is 23.6 Å². The highest BCUT2D eigenvalue weighted by atomic mass is 16.5. The lowest BCUT2D eigenvalue weighted by atomic mass is 9.95. The number of aromatic nitrogens is 3. The summed E-state index contributed by atoms with van der Waals surface area (Å²) in [6.45, 7) is 0.752. The smallest absolute Gasteiger partial charge is 0.248 e. The van der Waals surface area contributed by atoms with E-state index in [0.717, 1.165) is 35.1 Å². The molecule has 5 heteroatoms. The van der Waals surface area contributed by atoms with Gasteiger partial charge in [-0.25, -0.2) is 0 Å². The lowest BCUT2D eigenvalue weighted by Crippen LogP contribution is -2.16. The molecule has 0 N–H and O–H groups in total. The fourth-order valence-electron chi connectivity index (χ4n) is 6.42. The summed E-state index contributed by atoms with van der Waals surface area (Å²) in [5, 5.41) is 11.2. The number of hydrogen-bond acceptors (Lipinski definition) is 4. The van der Waals surface area contributed by atoms with E-state index in [-0.39, 0.29) is 0 Å². The van der Waals surface area contributed by atoms with Crippen LogP contribution in [0.25, 0.3) is 50.4 Å². The van der Waals surface area contributed by atoms with Crippen molar-refractivity contribution in [2.24, 2.45) is 17.8 Å². The number of nitrogens with zero attached hydrogens (tertiary/aromatic N) is 3. The lowest BCUT2D eigenvalue weighted by Gasteiger charge is -2.18. The Labute approximate surface area is 226 Å². The van der Waals surface area contributed by atoms with E-state index in [1.807, 2.05) is 36.4 Å².